The van der Waals surface area contributed by atoms with E-state index in [4.69, 9.17) is 16.3 Å². The fourth-order valence-electron chi connectivity index (χ4n) is 2.18. The van der Waals surface area contributed by atoms with Gasteiger partial charge in [0, 0.05) is 37.5 Å². The van der Waals surface area contributed by atoms with E-state index in [0.717, 1.165) is 11.3 Å². The summed E-state index contributed by atoms with van der Waals surface area (Å²) in [7, 11) is 1.85. The molecule has 1 saturated heterocycles. The van der Waals surface area contributed by atoms with E-state index in [2.05, 4.69) is 10.3 Å². The summed E-state index contributed by atoms with van der Waals surface area (Å²) in [6.07, 6.45) is 4.16. The van der Waals surface area contributed by atoms with Crippen molar-refractivity contribution in [2.24, 2.45) is 0 Å². The van der Waals surface area contributed by atoms with Crippen LogP contribution in [0.5, 0.6) is 0 Å². The Morgan fingerprint density at radius 2 is 2.41 bits per heavy atom. The van der Waals surface area contributed by atoms with E-state index in [1.54, 1.807) is 12.4 Å². The molecular formula is C12H17ClN2O2. The third kappa shape index (κ3) is 2.89. The Bertz CT molecular complexity index is 375. The van der Waals surface area contributed by atoms with Gasteiger partial charge in [-0.3, -0.25) is 4.98 Å². The second-order valence-corrected chi connectivity index (χ2v) is 4.55. The molecule has 4 nitrogen and oxygen atoms in total. The summed E-state index contributed by atoms with van der Waals surface area (Å²) in [6.45, 7) is 0. The fourth-order valence-corrected chi connectivity index (χ4v) is 2.38. The van der Waals surface area contributed by atoms with E-state index in [-0.39, 0.29) is 18.3 Å². The molecule has 0 aliphatic carbocycles. The smallest absolute Gasteiger partial charge is 0.0874 e. The van der Waals surface area contributed by atoms with Crippen LogP contribution in [0.1, 0.15) is 24.5 Å². The van der Waals surface area contributed by atoms with Crippen molar-refractivity contribution in [1.29, 1.82) is 0 Å². The molecule has 94 valence electrons. The van der Waals surface area contributed by atoms with E-state index in [1.165, 1.54) is 0 Å². The summed E-state index contributed by atoms with van der Waals surface area (Å²) in [5.41, 5.74) is 1.95. The van der Waals surface area contributed by atoms with Crippen molar-refractivity contribution in [3.05, 3.63) is 24.0 Å². The van der Waals surface area contributed by atoms with Crippen molar-refractivity contribution in [3.8, 4) is 0 Å². The number of aliphatic hydroxyl groups excluding tert-OH is 1. The number of nitrogens with one attached hydrogen (secondary N) is 1. The molecular weight excluding hydrogens is 240 g/mol. The average molecular weight is 257 g/mol. The van der Waals surface area contributed by atoms with Gasteiger partial charge >= 0.3 is 0 Å². The second-order valence-electron chi connectivity index (χ2n) is 4.24. The van der Waals surface area contributed by atoms with Gasteiger partial charge in [0.2, 0.25) is 0 Å². The molecule has 1 aromatic heterocycles. The lowest BCUT2D eigenvalue weighted by Crippen LogP contribution is -2.32. The van der Waals surface area contributed by atoms with Crippen molar-refractivity contribution >= 4 is 17.3 Å². The lowest BCUT2D eigenvalue weighted by molar-refractivity contribution is -0.0878. The van der Waals surface area contributed by atoms with Gasteiger partial charge in [0.1, 0.15) is 0 Å². The maximum absolute atomic E-state index is 9.83. The highest BCUT2D eigenvalue weighted by Crippen LogP contribution is 2.34. The number of nitrogens with zero attached hydrogens (tertiary/aromatic N) is 1. The van der Waals surface area contributed by atoms with Crippen molar-refractivity contribution in [2.45, 2.75) is 31.2 Å². The van der Waals surface area contributed by atoms with Crippen LogP contribution in [0.2, 0.25) is 0 Å². The average Bonchev–Trinajstić information content (AvgIpc) is 2.37. The second kappa shape index (κ2) is 5.67. The molecule has 0 saturated carbocycles. The predicted octanol–water partition coefficient (Wildman–Crippen LogP) is 1.94. The number of pyridine rings is 1. The van der Waals surface area contributed by atoms with Crippen molar-refractivity contribution in [2.75, 3.05) is 18.2 Å². The fraction of sp³-hybridized carbons (Fsp3) is 0.583. The van der Waals surface area contributed by atoms with Crippen LogP contribution in [0, 0.1) is 0 Å². The summed E-state index contributed by atoms with van der Waals surface area (Å²) in [4.78, 5) is 4.06. The first-order chi connectivity index (χ1) is 8.24. The van der Waals surface area contributed by atoms with Crippen LogP contribution in [0.15, 0.2) is 18.5 Å². The summed E-state index contributed by atoms with van der Waals surface area (Å²) in [6, 6.07) is 1.92. The maximum atomic E-state index is 9.83. The van der Waals surface area contributed by atoms with Crippen molar-refractivity contribution in [3.63, 3.8) is 0 Å². The standard InChI is InChI=1S/C12H17ClN2O2/c1-14-11-7-15-3-2-10(11)12-5-8(16)4-9(6-13)17-12/h2-3,7-9,12,14,16H,4-6H2,1H3/t8?,9-,12?/m0/s1. The molecule has 17 heavy (non-hydrogen) atoms. The molecule has 5 heteroatoms. The van der Waals surface area contributed by atoms with Crippen LogP contribution in [0.25, 0.3) is 0 Å². The summed E-state index contributed by atoms with van der Waals surface area (Å²) in [5.74, 6) is 0.410. The van der Waals surface area contributed by atoms with Crippen LogP contribution in [-0.4, -0.2) is 35.2 Å². The first-order valence-corrected chi connectivity index (χ1v) is 6.29. The van der Waals surface area contributed by atoms with Gasteiger partial charge in [0.15, 0.2) is 0 Å². The third-order valence-corrected chi connectivity index (χ3v) is 3.37. The molecule has 0 bridgehead atoms. The Hall–Kier alpha value is -0.840. The quantitative estimate of drug-likeness (QED) is 0.812. The number of alkyl halides is 1. The zero-order valence-electron chi connectivity index (χ0n) is 9.77. The largest absolute Gasteiger partial charge is 0.393 e. The monoisotopic (exact) mass is 256 g/mol. The highest BCUT2D eigenvalue weighted by molar-refractivity contribution is 6.18. The molecule has 0 amide bonds. The van der Waals surface area contributed by atoms with Crippen LogP contribution in [-0.2, 0) is 4.74 Å². The molecule has 2 N–H and O–H groups in total. The zero-order valence-corrected chi connectivity index (χ0v) is 10.5. The Kier molecular flexibility index (Phi) is 4.20. The molecule has 1 aliphatic rings. The Morgan fingerprint density at radius 1 is 1.59 bits per heavy atom. The Morgan fingerprint density at radius 3 is 3.12 bits per heavy atom. The number of aromatic nitrogens is 1. The number of rotatable bonds is 3. The van der Waals surface area contributed by atoms with E-state index in [1.807, 2.05) is 13.1 Å². The number of hydrogen-bond donors (Lipinski definition) is 2. The number of halogens is 1. The lowest BCUT2D eigenvalue weighted by Gasteiger charge is -2.33. The first kappa shape index (κ1) is 12.6. The maximum Gasteiger partial charge on any atom is 0.0874 e. The van der Waals surface area contributed by atoms with Gasteiger partial charge in [-0.1, -0.05) is 0 Å². The summed E-state index contributed by atoms with van der Waals surface area (Å²) in [5, 5.41) is 12.9. The van der Waals surface area contributed by atoms with Crippen LogP contribution in [0.3, 0.4) is 0 Å². The van der Waals surface area contributed by atoms with Crippen LogP contribution >= 0.6 is 11.6 Å². The zero-order chi connectivity index (χ0) is 12.3. The molecule has 1 fully saturated rings. The summed E-state index contributed by atoms with van der Waals surface area (Å²) >= 11 is 5.81. The minimum Gasteiger partial charge on any atom is -0.393 e. The van der Waals surface area contributed by atoms with Gasteiger partial charge < -0.3 is 15.2 Å². The molecule has 0 aromatic carbocycles. The number of anilines is 1. The molecule has 1 aliphatic heterocycles. The van der Waals surface area contributed by atoms with Gasteiger partial charge in [0.25, 0.3) is 0 Å². The van der Waals surface area contributed by atoms with E-state index >= 15 is 0 Å². The van der Waals surface area contributed by atoms with Crippen molar-refractivity contribution in [1.82, 2.24) is 4.98 Å². The summed E-state index contributed by atoms with van der Waals surface area (Å²) < 4.78 is 5.87. The minimum atomic E-state index is -0.352. The highest BCUT2D eigenvalue weighted by Gasteiger charge is 2.30. The SMILES string of the molecule is CNc1cnccc1C1CC(O)C[C@@H](CCl)O1. The van der Waals surface area contributed by atoms with Gasteiger partial charge in [-0.15, -0.1) is 11.6 Å². The van der Waals surface area contributed by atoms with Crippen LogP contribution in [0.4, 0.5) is 5.69 Å². The van der Waals surface area contributed by atoms with Gasteiger partial charge in [-0.25, -0.2) is 0 Å². The van der Waals surface area contributed by atoms with Gasteiger partial charge in [-0.05, 0) is 6.07 Å². The number of ether oxygens (including phenoxy) is 1. The number of aliphatic hydroxyl groups is 1. The molecule has 0 spiro atoms. The molecule has 1 aromatic rings. The Balaban J connectivity index is 2.20. The van der Waals surface area contributed by atoms with Gasteiger partial charge in [-0.2, -0.15) is 0 Å². The minimum absolute atomic E-state index is 0.0803. The molecule has 2 heterocycles. The highest BCUT2D eigenvalue weighted by atomic mass is 35.5. The van der Waals surface area contributed by atoms with Crippen LogP contribution < -0.4 is 5.32 Å². The topological polar surface area (TPSA) is 54.4 Å². The van der Waals surface area contributed by atoms with E-state index < -0.39 is 0 Å². The first-order valence-electron chi connectivity index (χ1n) is 5.75. The molecule has 3 atom stereocenters. The molecule has 0 radical (unpaired) electrons. The van der Waals surface area contributed by atoms with E-state index in [0.29, 0.717) is 18.7 Å². The van der Waals surface area contributed by atoms with Gasteiger partial charge in [0.05, 0.1) is 30.2 Å². The van der Waals surface area contributed by atoms with E-state index in [9.17, 15) is 5.11 Å². The van der Waals surface area contributed by atoms with Crippen molar-refractivity contribution < 1.29 is 9.84 Å². The third-order valence-electron chi connectivity index (χ3n) is 3.02. The number of hydrogen-bond acceptors (Lipinski definition) is 4. The molecule has 2 unspecified atom stereocenters. The molecule has 2 rings (SSSR count). The normalized spacial score (nSPS) is 29.0. The predicted molar refractivity (Wildman–Crippen MR) is 67.4 cm³/mol. The Labute approximate surface area is 106 Å². The lowest BCUT2D eigenvalue weighted by atomic mass is 9.96.